The molecule has 0 aliphatic carbocycles. The zero-order valence-corrected chi connectivity index (χ0v) is 13.5. The van der Waals surface area contributed by atoms with Gasteiger partial charge < -0.3 is 20.1 Å². The first-order chi connectivity index (χ1) is 11.1. The Morgan fingerprint density at radius 1 is 1.39 bits per heavy atom. The van der Waals surface area contributed by atoms with Crippen molar-refractivity contribution in [3.8, 4) is 5.75 Å². The summed E-state index contributed by atoms with van der Waals surface area (Å²) in [6, 6.07) is 6.77. The Morgan fingerprint density at radius 2 is 2.17 bits per heavy atom. The molecule has 1 aromatic carbocycles. The lowest BCUT2D eigenvalue weighted by molar-refractivity contribution is -0.144. The molecule has 1 amide bonds. The van der Waals surface area contributed by atoms with Gasteiger partial charge in [0.05, 0.1) is 13.2 Å². The van der Waals surface area contributed by atoms with E-state index in [0.29, 0.717) is 38.3 Å². The number of ether oxygens (including phenoxy) is 2. The molecule has 23 heavy (non-hydrogen) atoms. The highest BCUT2D eigenvalue weighted by Gasteiger charge is 2.20. The average molecular weight is 320 g/mol. The number of rotatable bonds is 8. The SMILES string of the molecule is CCOC(=O)C(N)Cc1ccccc1OCCN1CCCC1=O. The first kappa shape index (κ1) is 17.3. The van der Waals surface area contributed by atoms with Gasteiger partial charge in [0, 0.05) is 19.4 Å². The number of amides is 1. The van der Waals surface area contributed by atoms with Gasteiger partial charge in [0.1, 0.15) is 18.4 Å². The van der Waals surface area contributed by atoms with Crippen molar-refractivity contribution in [3.05, 3.63) is 29.8 Å². The Hall–Kier alpha value is -2.08. The minimum Gasteiger partial charge on any atom is -0.491 e. The van der Waals surface area contributed by atoms with Crippen LogP contribution in [0.25, 0.3) is 0 Å². The normalized spacial score (nSPS) is 15.6. The number of nitrogens with two attached hydrogens (primary N) is 1. The van der Waals surface area contributed by atoms with Crippen LogP contribution in [0, 0.1) is 0 Å². The van der Waals surface area contributed by atoms with E-state index in [2.05, 4.69) is 0 Å². The third kappa shape index (κ3) is 4.96. The molecule has 1 atom stereocenters. The van der Waals surface area contributed by atoms with Crippen molar-refractivity contribution in [1.29, 1.82) is 0 Å². The van der Waals surface area contributed by atoms with E-state index >= 15 is 0 Å². The van der Waals surface area contributed by atoms with Gasteiger partial charge in [-0.1, -0.05) is 18.2 Å². The Bertz CT molecular complexity index is 547. The number of para-hydroxylation sites is 1. The molecule has 0 bridgehead atoms. The zero-order valence-electron chi connectivity index (χ0n) is 13.5. The Balaban J connectivity index is 1.89. The van der Waals surface area contributed by atoms with Crippen LogP contribution in [0.2, 0.25) is 0 Å². The smallest absolute Gasteiger partial charge is 0.323 e. The summed E-state index contributed by atoms with van der Waals surface area (Å²) in [6.45, 7) is 3.88. The van der Waals surface area contributed by atoms with Gasteiger partial charge in [-0.25, -0.2) is 0 Å². The predicted molar refractivity (Wildman–Crippen MR) is 86.1 cm³/mol. The van der Waals surface area contributed by atoms with Crippen LogP contribution in [0.1, 0.15) is 25.3 Å². The van der Waals surface area contributed by atoms with Crippen molar-refractivity contribution in [2.24, 2.45) is 5.73 Å². The minimum atomic E-state index is -0.708. The molecule has 0 spiro atoms. The lowest BCUT2D eigenvalue weighted by Gasteiger charge is -2.18. The maximum Gasteiger partial charge on any atom is 0.323 e. The largest absolute Gasteiger partial charge is 0.491 e. The topological polar surface area (TPSA) is 81.9 Å². The van der Waals surface area contributed by atoms with Crippen molar-refractivity contribution in [2.45, 2.75) is 32.2 Å². The summed E-state index contributed by atoms with van der Waals surface area (Å²) in [5.74, 6) is 0.468. The molecule has 1 saturated heterocycles. The van der Waals surface area contributed by atoms with E-state index in [1.807, 2.05) is 29.2 Å². The van der Waals surface area contributed by atoms with Gasteiger partial charge in [0.15, 0.2) is 0 Å². The number of nitrogens with zero attached hydrogens (tertiary/aromatic N) is 1. The summed E-state index contributed by atoms with van der Waals surface area (Å²) in [4.78, 5) is 25.0. The maximum atomic E-state index is 11.7. The van der Waals surface area contributed by atoms with E-state index in [1.165, 1.54) is 0 Å². The lowest BCUT2D eigenvalue weighted by Crippen LogP contribution is -2.34. The van der Waals surface area contributed by atoms with Crippen molar-refractivity contribution in [3.63, 3.8) is 0 Å². The summed E-state index contributed by atoms with van der Waals surface area (Å²) >= 11 is 0. The third-order valence-electron chi connectivity index (χ3n) is 3.79. The van der Waals surface area contributed by atoms with Crippen LogP contribution in [0.5, 0.6) is 5.75 Å². The van der Waals surface area contributed by atoms with Crippen LogP contribution >= 0.6 is 0 Å². The van der Waals surface area contributed by atoms with E-state index in [9.17, 15) is 9.59 Å². The Labute approximate surface area is 136 Å². The molecule has 2 N–H and O–H groups in total. The molecule has 0 saturated carbocycles. The molecule has 1 aliphatic heterocycles. The van der Waals surface area contributed by atoms with Crippen molar-refractivity contribution in [1.82, 2.24) is 4.90 Å². The highest BCUT2D eigenvalue weighted by Crippen LogP contribution is 2.20. The summed E-state index contributed by atoms with van der Waals surface area (Å²) in [6.07, 6.45) is 1.91. The van der Waals surface area contributed by atoms with Crippen LogP contribution in [0.15, 0.2) is 24.3 Å². The van der Waals surface area contributed by atoms with E-state index in [1.54, 1.807) is 6.92 Å². The second-order valence-corrected chi connectivity index (χ2v) is 5.50. The van der Waals surface area contributed by atoms with Crippen LogP contribution in [0.3, 0.4) is 0 Å². The van der Waals surface area contributed by atoms with Gasteiger partial charge in [0.2, 0.25) is 5.91 Å². The van der Waals surface area contributed by atoms with Gasteiger partial charge in [-0.3, -0.25) is 9.59 Å². The summed E-state index contributed by atoms with van der Waals surface area (Å²) < 4.78 is 10.7. The van der Waals surface area contributed by atoms with Crippen LogP contribution in [-0.2, 0) is 20.7 Å². The molecule has 6 heteroatoms. The van der Waals surface area contributed by atoms with E-state index in [0.717, 1.165) is 18.5 Å². The standard InChI is InChI=1S/C17H24N2O4/c1-2-22-17(21)14(18)12-13-6-3-4-7-15(13)23-11-10-19-9-5-8-16(19)20/h3-4,6-7,14H,2,5,8-12,18H2,1H3. The monoisotopic (exact) mass is 320 g/mol. The number of hydrogen-bond acceptors (Lipinski definition) is 5. The second kappa shape index (κ2) is 8.53. The highest BCUT2D eigenvalue weighted by atomic mass is 16.5. The molecule has 1 aromatic rings. The van der Waals surface area contributed by atoms with Crippen LogP contribution in [0.4, 0.5) is 0 Å². The van der Waals surface area contributed by atoms with E-state index in [-0.39, 0.29) is 5.91 Å². The molecule has 126 valence electrons. The summed E-state index contributed by atoms with van der Waals surface area (Å²) in [7, 11) is 0. The number of likely N-dealkylation sites (tertiary alicyclic amines) is 1. The Kier molecular flexibility index (Phi) is 6.40. The number of hydrogen-bond donors (Lipinski definition) is 1. The fourth-order valence-electron chi connectivity index (χ4n) is 2.59. The number of carbonyl (C=O) groups excluding carboxylic acids is 2. The first-order valence-electron chi connectivity index (χ1n) is 8.02. The van der Waals surface area contributed by atoms with Gasteiger partial charge in [-0.15, -0.1) is 0 Å². The molecule has 1 unspecified atom stereocenters. The lowest BCUT2D eigenvalue weighted by atomic mass is 10.1. The molecular weight excluding hydrogens is 296 g/mol. The predicted octanol–water partition coefficient (Wildman–Crippen LogP) is 1.12. The first-order valence-corrected chi connectivity index (χ1v) is 8.02. The molecule has 2 rings (SSSR count). The van der Waals surface area contributed by atoms with Gasteiger partial charge in [-0.2, -0.15) is 0 Å². The average Bonchev–Trinajstić information content (AvgIpc) is 2.94. The molecular formula is C17H24N2O4. The van der Waals surface area contributed by atoms with Gasteiger partial charge >= 0.3 is 5.97 Å². The second-order valence-electron chi connectivity index (χ2n) is 5.50. The minimum absolute atomic E-state index is 0.186. The quantitative estimate of drug-likeness (QED) is 0.726. The van der Waals surface area contributed by atoms with Crippen molar-refractivity contribution in [2.75, 3.05) is 26.3 Å². The fraction of sp³-hybridized carbons (Fsp3) is 0.529. The van der Waals surface area contributed by atoms with Crippen molar-refractivity contribution < 1.29 is 19.1 Å². The van der Waals surface area contributed by atoms with Crippen molar-refractivity contribution >= 4 is 11.9 Å². The zero-order chi connectivity index (χ0) is 16.7. The summed E-state index contributed by atoms with van der Waals surface area (Å²) in [5, 5.41) is 0. The highest BCUT2D eigenvalue weighted by molar-refractivity contribution is 5.78. The fourth-order valence-corrected chi connectivity index (χ4v) is 2.59. The number of benzene rings is 1. The molecule has 0 radical (unpaired) electrons. The molecule has 1 fully saturated rings. The number of carbonyl (C=O) groups is 2. The summed E-state index contributed by atoms with van der Waals surface area (Å²) in [5.41, 5.74) is 6.73. The Morgan fingerprint density at radius 3 is 2.87 bits per heavy atom. The molecule has 6 nitrogen and oxygen atoms in total. The maximum absolute atomic E-state index is 11.7. The van der Waals surface area contributed by atoms with E-state index in [4.69, 9.17) is 15.2 Å². The molecule has 1 aliphatic rings. The molecule has 0 aromatic heterocycles. The van der Waals surface area contributed by atoms with E-state index < -0.39 is 12.0 Å². The third-order valence-corrected chi connectivity index (χ3v) is 3.79. The van der Waals surface area contributed by atoms with Crippen LogP contribution in [-0.4, -0.2) is 49.1 Å². The molecule has 1 heterocycles. The number of esters is 1. The van der Waals surface area contributed by atoms with Crippen LogP contribution < -0.4 is 10.5 Å². The van der Waals surface area contributed by atoms with Gasteiger partial charge in [-0.05, 0) is 25.0 Å². The van der Waals surface area contributed by atoms with Gasteiger partial charge in [0.25, 0.3) is 0 Å².